The number of ether oxygens (including phenoxy) is 1. The van der Waals surface area contributed by atoms with Gasteiger partial charge in [-0.25, -0.2) is 0 Å². The molecule has 1 heterocycles. The maximum atomic E-state index is 12.1. The molecule has 0 atom stereocenters. The first-order valence-electron chi connectivity index (χ1n) is 10.1. The van der Waals surface area contributed by atoms with E-state index in [0.717, 1.165) is 0 Å². The molecule has 0 fully saturated rings. The van der Waals surface area contributed by atoms with Crippen molar-refractivity contribution in [2.45, 2.75) is 26.2 Å². The van der Waals surface area contributed by atoms with Gasteiger partial charge in [0.05, 0.1) is 0 Å². The summed E-state index contributed by atoms with van der Waals surface area (Å²) in [6.07, 6.45) is 0. The van der Waals surface area contributed by atoms with Crippen LogP contribution in [0.15, 0.2) is 53.1 Å². The Labute approximate surface area is 191 Å². The summed E-state index contributed by atoms with van der Waals surface area (Å²) in [7, 11) is 0. The van der Waals surface area contributed by atoms with Gasteiger partial charge in [0.1, 0.15) is 5.75 Å². The van der Waals surface area contributed by atoms with Gasteiger partial charge < -0.3 is 19.9 Å². The Balaban J connectivity index is 1.38. The summed E-state index contributed by atoms with van der Waals surface area (Å²) in [5.41, 5.74) is 1.88. The topological polar surface area (TPSA) is 106 Å². The molecule has 3 rings (SSSR count). The van der Waals surface area contributed by atoms with Crippen LogP contribution in [-0.4, -0.2) is 41.7 Å². The minimum atomic E-state index is -0.532. The molecule has 3 aromatic rings. The summed E-state index contributed by atoms with van der Waals surface area (Å²) in [5, 5.41) is 9.59. The Bertz CT molecular complexity index is 1070. The van der Waals surface area contributed by atoms with Crippen molar-refractivity contribution in [2.75, 3.05) is 19.7 Å². The van der Waals surface area contributed by atoms with Gasteiger partial charge in [0.2, 0.25) is 5.82 Å². The van der Waals surface area contributed by atoms with Gasteiger partial charge in [-0.1, -0.05) is 61.8 Å². The molecule has 168 valence electrons. The number of halogens is 1. The fraction of sp³-hybridized carbons (Fsp3) is 0.304. The minimum absolute atomic E-state index is 0.0540. The highest BCUT2D eigenvalue weighted by molar-refractivity contribution is 6.30. The van der Waals surface area contributed by atoms with Crippen LogP contribution in [-0.2, 0) is 10.2 Å². The zero-order valence-electron chi connectivity index (χ0n) is 18.1. The van der Waals surface area contributed by atoms with Crippen molar-refractivity contribution in [2.24, 2.45) is 0 Å². The summed E-state index contributed by atoms with van der Waals surface area (Å²) < 4.78 is 10.5. The zero-order chi connectivity index (χ0) is 23.1. The van der Waals surface area contributed by atoms with Gasteiger partial charge in [0.15, 0.2) is 6.61 Å². The van der Waals surface area contributed by atoms with E-state index in [1.165, 1.54) is 5.56 Å². The second kappa shape index (κ2) is 10.3. The van der Waals surface area contributed by atoms with Crippen molar-refractivity contribution < 1.29 is 18.8 Å². The van der Waals surface area contributed by atoms with Crippen molar-refractivity contribution in [3.8, 4) is 17.1 Å². The number of benzene rings is 2. The lowest BCUT2D eigenvalue weighted by Crippen LogP contribution is -2.36. The second-order valence-corrected chi connectivity index (χ2v) is 8.54. The molecule has 2 N–H and O–H groups in total. The van der Waals surface area contributed by atoms with Gasteiger partial charge in [-0.15, -0.1) is 0 Å². The summed E-state index contributed by atoms with van der Waals surface area (Å²) in [5.74, 6) is -0.115. The molecule has 0 unspecified atom stereocenters. The molecule has 8 nitrogen and oxygen atoms in total. The van der Waals surface area contributed by atoms with E-state index in [4.69, 9.17) is 20.9 Å². The molecule has 2 aromatic carbocycles. The number of amides is 2. The van der Waals surface area contributed by atoms with Gasteiger partial charge in [-0.05, 0) is 35.2 Å². The first kappa shape index (κ1) is 23.3. The van der Waals surface area contributed by atoms with E-state index in [9.17, 15) is 9.59 Å². The lowest BCUT2D eigenvalue weighted by Gasteiger charge is -2.19. The van der Waals surface area contributed by atoms with Crippen LogP contribution in [0.4, 0.5) is 0 Å². The number of rotatable bonds is 8. The van der Waals surface area contributed by atoms with Crippen LogP contribution in [0.5, 0.6) is 5.75 Å². The van der Waals surface area contributed by atoms with Crippen LogP contribution >= 0.6 is 11.6 Å². The molecule has 2 amide bonds. The predicted molar refractivity (Wildman–Crippen MR) is 121 cm³/mol. The summed E-state index contributed by atoms with van der Waals surface area (Å²) >= 11 is 5.94. The van der Waals surface area contributed by atoms with E-state index in [0.29, 0.717) is 16.3 Å². The van der Waals surface area contributed by atoms with Crippen molar-refractivity contribution in [3.05, 3.63) is 65.0 Å². The molecule has 1 aromatic heterocycles. The Morgan fingerprint density at radius 1 is 1.06 bits per heavy atom. The number of hydrogen-bond acceptors (Lipinski definition) is 6. The molecule has 9 heteroatoms. The average molecular weight is 457 g/mol. The van der Waals surface area contributed by atoms with Crippen LogP contribution in [0.3, 0.4) is 0 Å². The van der Waals surface area contributed by atoms with E-state index in [1.54, 1.807) is 24.3 Å². The summed E-state index contributed by atoms with van der Waals surface area (Å²) in [4.78, 5) is 28.1. The highest BCUT2D eigenvalue weighted by atomic mass is 35.5. The third-order valence-corrected chi connectivity index (χ3v) is 4.76. The molecular formula is C23H25ClN4O4. The van der Waals surface area contributed by atoms with Crippen molar-refractivity contribution in [1.29, 1.82) is 0 Å². The average Bonchev–Trinajstić information content (AvgIpc) is 3.25. The van der Waals surface area contributed by atoms with E-state index in [-0.39, 0.29) is 42.7 Å². The van der Waals surface area contributed by atoms with Crippen LogP contribution in [0, 0.1) is 0 Å². The summed E-state index contributed by atoms with van der Waals surface area (Å²) in [6, 6.07) is 14.6. The van der Waals surface area contributed by atoms with Gasteiger partial charge in [-0.3, -0.25) is 9.59 Å². The van der Waals surface area contributed by atoms with Crippen LogP contribution in [0.25, 0.3) is 11.4 Å². The Morgan fingerprint density at radius 2 is 1.78 bits per heavy atom. The van der Waals surface area contributed by atoms with Gasteiger partial charge in [-0.2, -0.15) is 4.98 Å². The van der Waals surface area contributed by atoms with Gasteiger partial charge >= 0.3 is 11.8 Å². The lowest BCUT2D eigenvalue weighted by atomic mass is 9.87. The molecule has 0 saturated carbocycles. The molecule has 0 aliphatic heterocycles. The van der Waals surface area contributed by atoms with Crippen LogP contribution in [0.2, 0.25) is 5.02 Å². The highest BCUT2D eigenvalue weighted by Gasteiger charge is 2.16. The van der Waals surface area contributed by atoms with E-state index in [2.05, 4.69) is 41.5 Å². The van der Waals surface area contributed by atoms with E-state index >= 15 is 0 Å². The number of carbonyl (C=O) groups excluding carboxylic acids is 2. The van der Waals surface area contributed by atoms with Crippen molar-refractivity contribution in [3.63, 3.8) is 0 Å². The Morgan fingerprint density at radius 3 is 2.47 bits per heavy atom. The zero-order valence-corrected chi connectivity index (χ0v) is 18.9. The van der Waals surface area contributed by atoms with Gasteiger partial charge in [0.25, 0.3) is 5.91 Å². The quantitative estimate of drug-likeness (QED) is 0.501. The molecule has 0 aliphatic rings. The highest BCUT2D eigenvalue weighted by Crippen LogP contribution is 2.24. The van der Waals surface area contributed by atoms with Crippen molar-refractivity contribution >= 4 is 23.4 Å². The molecule has 0 aliphatic carbocycles. The molecule has 32 heavy (non-hydrogen) atoms. The SMILES string of the molecule is CC(C)(C)c1ccc(OCC(=O)NCCNC(=O)c2nc(-c3cccc(Cl)c3)no2)cc1. The number of hydrogen-bond donors (Lipinski definition) is 2. The van der Waals surface area contributed by atoms with Gasteiger partial charge in [0, 0.05) is 23.7 Å². The largest absolute Gasteiger partial charge is 0.484 e. The molecule has 0 saturated heterocycles. The Kier molecular flexibility index (Phi) is 7.48. The standard InChI is InChI=1S/C23H25ClN4O4/c1-23(2,3)16-7-9-18(10-8-16)31-14-19(29)25-11-12-26-21(30)22-27-20(28-32-22)15-5-4-6-17(24)13-15/h4-10,13H,11-12,14H2,1-3H3,(H,25,29)(H,26,30). The fourth-order valence-electron chi connectivity index (χ4n) is 2.77. The molecule has 0 bridgehead atoms. The third kappa shape index (κ3) is 6.55. The van der Waals surface area contributed by atoms with Crippen LogP contribution < -0.4 is 15.4 Å². The maximum absolute atomic E-state index is 12.1. The lowest BCUT2D eigenvalue weighted by molar-refractivity contribution is -0.123. The smallest absolute Gasteiger partial charge is 0.316 e. The van der Waals surface area contributed by atoms with E-state index < -0.39 is 5.91 Å². The molecule has 0 spiro atoms. The second-order valence-electron chi connectivity index (χ2n) is 8.10. The Hall–Kier alpha value is -3.39. The minimum Gasteiger partial charge on any atom is -0.484 e. The summed E-state index contributed by atoms with van der Waals surface area (Å²) in [6.45, 7) is 6.70. The monoisotopic (exact) mass is 456 g/mol. The normalized spacial score (nSPS) is 11.1. The van der Waals surface area contributed by atoms with Crippen LogP contribution in [0.1, 0.15) is 37.0 Å². The molecule has 0 radical (unpaired) electrons. The third-order valence-electron chi connectivity index (χ3n) is 4.53. The number of carbonyl (C=O) groups is 2. The van der Waals surface area contributed by atoms with Crippen molar-refractivity contribution in [1.82, 2.24) is 20.8 Å². The van der Waals surface area contributed by atoms with E-state index in [1.807, 2.05) is 24.3 Å². The number of nitrogens with zero attached hydrogens (tertiary/aromatic N) is 2. The molecular weight excluding hydrogens is 432 g/mol. The predicted octanol–water partition coefficient (Wildman–Crippen LogP) is 3.61. The fourth-order valence-corrected chi connectivity index (χ4v) is 2.96. The number of nitrogens with one attached hydrogen (secondary N) is 2. The maximum Gasteiger partial charge on any atom is 0.316 e. The first-order chi connectivity index (χ1) is 15.2. The number of aromatic nitrogens is 2. The first-order valence-corrected chi connectivity index (χ1v) is 10.5.